The number of nitrogens with zero attached hydrogens (tertiary/aromatic N) is 2. The van der Waals surface area contributed by atoms with Gasteiger partial charge in [-0.25, -0.2) is 4.39 Å². The van der Waals surface area contributed by atoms with E-state index in [4.69, 9.17) is 11.6 Å². The van der Waals surface area contributed by atoms with E-state index in [2.05, 4.69) is 24.3 Å². The highest BCUT2D eigenvalue weighted by Gasteiger charge is 2.06. The van der Waals surface area contributed by atoms with E-state index in [1.54, 1.807) is 16.8 Å². The maximum Gasteiger partial charge on any atom is 0.128 e. The summed E-state index contributed by atoms with van der Waals surface area (Å²) in [6, 6.07) is 6.89. The van der Waals surface area contributed by atoms with Crippen LogP contribution in [0.3, 0.4) is 0 Å². The Balaban J connectivity index is 2.05. The van der Waals surface area contributed by atoms with E-state index in [-0.39, 0.29) is 5.82 Å². The molecule has 0 aliphatic carbocycles. The van der Waals surface area contributed by atoms with Crippen molar-refractivity contribution in [1.82, 2.24) is 15.1 Å². The monoisotopic (exact) mass is 281 g/mol. The molecule has 0 fully saturated rings. The molecule has 0 radical (unpaired) electrons. The van der Waals surface area contributed by atoms with Crippen molar-refractivity contribution < 1.29 is 4.39 Å². The van der Waals surface area contributed by atoms with Crippen LogP contribution in [0.1, 0.15) is 25.1 Å². The topological polar surface area (TPSA) is 29.9 Å². The average Bonchev–Trinajstić information content (AvgIpc) is 2.79. The van der Waals surface area contributed by atoms with Crippen LogP contribution >= 0.6 is 11.6 Å². The van der Waals surface area contributed by atoms with E-state index >= 15 is 0 Å². The fourth-order valence-electron chi connectivity index (χ4n) is 1.73. The fourth-order valence-corrected chi connectivity index (χ4v) is 1.93. The van der Waals surface area contributed by atoms with E-state index in [0.717, 1.165) is 5.69 Å². The molecular formula is C14H17ClFN3. The van der Waals surface area contributed by atoms with E-state index in [0.29, 0.717) is 29.7 Å². The van der Waals surface area contributed by atoms with Gasteiger partial charge < -0.3 is 5.32 Å². The predicted molar refractivity (Wildman–Crippen MR) is 74.7 cm³/mol. The largest absolute Gasteiger partial charge is 0.309 e. The predicted octanol–water partition coefficient (Wildman–Crippen LogP) is 3.22. The molecule has 3 nitrogen and oxygen atoms in total. The molecule has 102 valence electrons. The quantitative estimate of drug-likeness (QED) is 0.912. The van der Waals surface area contributed by atoms with Crippen molar-refractivity contribution >= 4 is 11.6 Å². The minimum absolute atomic E-state index is 0.262. The molecule has 0 aliphatic heterocycles. The lowest BCUT2D eigenvalue weighted by molar-refractivity contribution is 0.561. The van der Waals surface area contributed by atoms with Crippen LogP contribution in [0.2, 0.25) is 5.02 Å². The summed E-state index contributed by atoms with van der Waals surface area (Å²) in [5.74, 6) is -0.262. The van der Waals surface area contributed by atoms with Crippen molar-refractivity contribution in [2.45, 2.75) is 33.0 Å². The van der Waals surface area contributed by atoms with Gasteiger partial charge in [-0.3, -0.25) is 4.68 Å². The Morgan fingerprint density at radius 1 is 1.37 bits per heavy atom. The van der Waals surface area contributed by atoms with Crippen LogP contribution in [0.5, 0.6) is 0 Å². The molecule has 1 aromatic carbocycles. The minimum Gasteiger partial charge on any atom is -0.309 e. The van der Waals surface area contributed by atoms with Gasteiger partial charge in [-0.2, -0.15) is 5.10 Å². The number of halogens is 2. The zero-order valence-corrected chi connectivity index (χ0v) is 11.8. The number of hydrogen-bond donors (Lipinski definition) is 1. The molecule has 5 heteroatoms. The van der Waals surface area contributed by atoms with Gasteiger partial charge in [0.05, 0.1) is 12.2 Å². The first-order valence-corrected chi connectivity index (χ1v) is 6.62. The molecule has 1 aromatic heterocycles. The summed E-state index contributed by atoms with van der Waals surface area (Å²) >= 11 is 5.87. The maximum atomic E-state index is 13.6. The Hall–Kier alpha value is -1.39. The summed E-state index contributed by atoms with van der Waals surface area (Å²) < 4.78 is 15.3. The normalized spacial score (nSPS) is 11.2. The second kappa shape index (κ2) is 6.17. The lowest BCUT2D eigenvalue weighted by Gasteiger charge is -2.06. The van der Waals surface area contributed by atoms with Gasteiger partial charge in [0, 0.05) is 29.4 Å². The molecule has 0 bridgehead atoms. The summed E-state index contributed by atoms with van der Waals surface area (Å²) in [6.45, 7) is 5.26. The van der Waals surface area contributed by atoms with Gasteiger partial charge in [0.1, 0.15) is 5.82 Å². The van der Waals surface area contributed by atoms with Crippen LogP contribution in [0.25, 0.3) is 0 Å². The molecule has 0 aliphatic rings. The molecule has 2 aromatic rings. The van der Waals surface area contributed by atoms with E-state index in [1.807, 2.05) is 12.3 Å². The molecule has 1 heterocycles. The van der Waals surface area contributed by atoms with Crippen LogP contribution in [-0.4, -0.2) is 15.8 Å². The molecule has 0 unspecified atom stereocenters. The number of rotatable bonds is 5. The second-order valence-corrected chi connectivity index (χ2v) is 5.21. The first-order valence-electron chi connectivity index (χ1n) is 6.24. The Morgan fingerprint density at radius 2 is 2.16 bits per heavy atom. The number of benzene rings is 1. The van der Waals surface area contributed by atoms with Crippen molar-refractivity contribution in [2.75, 3.05) is 0 Å². The van der Waals surface area contributed by atoms with Crippen molar-refractivity contribution in [2.24, 2.45) is 0 Å². The third-order valence-electron chi connectivity index (χ3n) is 2.73. The molecule has 2 rings (SSSR count). The van der Waals surface area contributed by atoms with Crippen LogP contribution in [0.4, 0.5) is 4.39 Å². The smallest absolute Gasteiger partial charge is 0.128 e. The van der Waals surface area contributed by atoms with Crippen molar-refractivity contribution in [3.05, 3.63) is 52.6 Å². The Bertz CT molecular complexity index is 551. The van der Waals surface area contributed by atoms with Crippen LogP contribution in [0.15, 0.2) is 30.5 Å². The molecule has 0 saturated carbocycles. The zero-order valence-electron chi connectivity index (χ0n) is 11.0. The standard InChI is InChI=1S/C14H17ClFN3/c1-10(2)17-8-13-5-6-19(18-13)9-11-7-12(15)3-4-14(11)16/h3-7,10,17H,8-9H2,1-2H3. The lowest BCUT2D eigenvalue weighted by atomic mass is 10.2. The summed E-state index contributed by atoms with van der Waals surface area (Å²) in [6.07, 6.45) is 1.84. The third-order valence-corrected chi connectivity index (χ3v) is 2.96. The van der Waals surface area contributed by atoms with Gasteiger partial charge in [0.2, 0.25) is 0 Å². The number of nitrogens with one attached hydrogen (secondary N) is 1. The van der Waals surface area contributed by atoms with Crippen molar-refractivity contribution in [3.8, 4) is 0 Å². The summed E-state index contributed by atoms with van der Waals surface area (Å²) in [7, 11) is 0. The van der Waals surface area contributed by atoms with E-state index < -0.39 is 0 Å². The summed E-state index contributed by atoms with van der Waals surface area (Å²) in [4.78, 5) is 0. The van der Waals surface area contributed by atoms with Gasteiger partial charge in [-0.1, -0.05) is 25.4 Å². The van der Waals surface area contributed by atoms with Crippen LogP contribution < -0.4 is 5.32 Å². The molecule has 19 heavy (non-hydrogen) atoms. The zero-order chi connectivity index (χ0) is 13.8. The average molecular weight is 282 g/mol. The molecular weight excluding hydrogens is 265 g/mol. The molecule has 0 saturated heterocycles. The molecule has 1 N–H and O–H groups in total. The Morgan fingerprint density at radius 3 is 2.89 bits per heavy atom. The van der Waals surface area contributed by atoms with Gasteiger partial charge in [-0.05, 0) is 24.3 Å². The molecule has 0 spiro atoms. The highest BCUT2D eigenvalue weighted by molar-refractivity contribution is 6.30. The van der Waals surface area contributed by atoms with Gasteiger partial charge >= 0.3 is 0 Å². The highest BCUT2D eigenvalue weighted by atomic mass is 35.5. The second-order valence-electron chi connectivity index (χ2n) is 4.78. The highest BCUT2D eigenvalue weighted by Crippen LogP contribution is 2.15. The van der Waals surface area contributed by atoms with Crippen LogP contribution in [0, 0.1) is 5.82 Å². The van der Waals surface area contributed by atoms with Crippen LogP contribution in [-0.2, 0) is 13.1 Å². The molecule has 0 amide bonds. The lowest BCUT2D eigenvalue weighted by Crippen LogP contribution is -2.22. The van der Waals surface area contributed by atoms with Crippen molar-refractivity contribution in [1.29, 1.82) is 0 Å². The van der Waals surface area contributed by atoms with E-state index in [9.17, 15) is 4.39 Å². The Labute approximate surface area is 117 Å². The number of aromatic nitrogens is 2. The SMILES string of the molecule is CC(C)NCc1ccn(Cc2cc(Cl)ccc2F)n1. The first kappa shape index (κ1) is 14.0. The maximum absolute atomic E-state index is 13.6. The van der Waals surface area contributed by atoms with Crippen molar-refractivity contribution in [3.63, 3.8) is 0 Å². The van der Waals surface area contributed by atoms with Gasteiger partial charge in [0.15, 0.2) is 0 Å². The minimum atomic E-state index is -0.262. The Kier molecular flexibility index (Phi) is 4.56. The van der Waals surface area contributed by atoms with Gasteiger partial charge in [-0.15, -0.1) is 0 Å². The fraction of sp³-hybridized carbons (Fsp3) is 0.357. The summed E-state index contributed by atoms with van der Waals surface area (Å²) in [5, 5.41) is 8.21. The molecule has 0 atom stereocenters. The van der Waals surface area contributed by atoms with E-state index in [1.165, 1.54) is 6.07 Å². The summed E-state index contributed by atoms with van der Waals surface area (Å²) in [5.41, 5.74) is 1.48. The first-order chi connectivity index (χ1) is 9.04. The third kappa shape index (κ3) is 4.04. The van der Waals surface area contributed by atoms with Gasteiger partial charge in [0.25, 0.3) is 0 Å². The number of hydrogen-bond acceptors (Lipinski definition) is 2.